The Kier molecular flexibility index (Phi) is 6.03. The molecule has 3 aromatic rings. The summed E-state index contributed by atoms with van der Waals surface area (Å²) in [7, 11) is 0. The molecular weight excluding hydrogens is 514 g/mol. The van der Waals surface area contributed by atoms with Crippen molar-refractivity contribution in [2.45, 2.75) is 50.5 Å². The van der Waals surface area contributed by atoms with Crippen LogP contribution in [-0.4, -0.2) is 45.5 Å². The number of anilines is 2. The number of halogens is 1. The third kappa shape index (κ3) is 3.93. The van der Waals surface area contributed by atoms with Gasteiger partial charge in [-0.2, -0.15) is 0 Å². The van der Waals surface area contributed by atoms with Crippen LogP contribution in [0.25, 0.3) is 0 Å². The van der Waals surface area contributed by atoms with Gasteiger partial charge in [0, 0.05) is 23.0 Å². The van der Waals surface area contributed by atoms with Crippen LogP contribution in [0.3, 0.4) is 0 Å². The standard InChI is InChI=1S/C30H28ClN5O3/c1-3-30(4-2)28(39)36(26(35-30)21-8-5-6-10-23(21)31)17-24(37)33-20-12-11-18-15-29(16-19(18)14-20)22-9-7-13-32-25(22)34-27(29)38/h5-14H,3-4,15-17H2,1-2H3,(H,33,37)(H,32,34,38). The molecule has 9 heteroatoms. The maximum absolute atomic E-state index is 13.5. The minimum Gasteiger partial charge on any atom is -0.325 e. The van der Waals surface area contributed by atoms with Gasteiger partial charge in [0.15, 0.2) is 0 Å². The summed E-state index contributed by atoms with van der Waals surface area (Å²) in [6.07, 6.45) is 3.82. The fourth-order valence-electron chi connectivity index (χ4n) is 6.05. The van der Waals surface area contributed by atoms with Gasteiger partial charge in [-0.25, -0.2) is 4.98 Å². The van der Waals surface area contributed by atoms with E-state index >= 15 is 0 Å². The van der Waals surface area contributed by atoms with Gasteiger partial charge in [-0.05, 0) is 67.1 Å². The normalized spacial score (nSPS) is 20.6. The van der Waals surface area contributed by atoms with Gasteiger partial charge < -0.3 is 10.6 Å². The molecule has 0 radical (unpaired) electrons. The van der Waals surface area contributed by atoms with Crippen molar-refractivity contribution in [1.29, 1.82) is 0 Å². The van der Waals surface area contributed by atoms with E-state index in [1.807, 2.05) is 62.4 Å². The Bertz CT molecular complexity index is 1560. The summed E-state index contributed by atoms with van der Waals surface area (Å²) in [5.74, 6) is 0.442. The zero-order valence-electron chi connectivity index (χ0n) is 21.8. The number of nitrogens with zero attached hydrogens (tertiary/aromatic N) is 3. The Morgan fingerprint density at radius 3 is 2.59 bits per heavy atom. The number of amidine groups is 1. The Morgan fingerprint density at radius 2 is 1.82 bits per heavy atom. The van der Waals surface area contributed by atoms with Crippen molar-refractivity contribution in [3.8, 4) is 0 Å². The van der Waals surface area contributed by atoms with Crippen molar-refractivity contribution < 1.29 is 14.4 Å². The number of pyridine rings is 1. The molecule has 6 rings (SSSR count). The Labute approximate surface area is 231 Å². The maximum atomic E-state index is 13.5. The second-order valence-corrected chi connectivity index (χ2v) is 10.8. The monoisotopic (exact) mass is 541 g/mol. The summed E-state index contributed by atoms with van der Waals surface area (Å²) in [6, 6.07) is 16.7. The van der Waals surface area contributed by atoms with E-state index in [0.29, 0.717) is 53.6 Å². The number of amides is 3. The summed E-state index contributed by atoms with van der Waals surface area (Å²) < 4.78 is 0. The SMILES string of the molecule is CCC1(CC)N=C(c2ccccc2Cl)N(CC(=O)Nc2ccc3c(c2)CC2(C3)C(=O)Nc3ncccc32)C1=O. The molecule has 2 aromatic carbocycles. The number of carbonyl (C=O) groups is 3. The van der Waals surface area contributed by atoms with Crippen molar-refractivity contribution >= 4 is 46.7 Å². The van der Waals surface area contributed by atoms with Crippen LogP contribution in [0.4, 0.5) is 11.5 Å². The van der Waals surface area contributed by atoms with E-state index in [4.69, 9.17) is 16.6 Å². The number of carbonyl (C=O) groups excluding carboxylic acids is 3. The van der Waals surface area contributed by atoms with Gasteiger partial charge in [0.2, 0.25) is 11.8 Å². The lowest BCUT2D eigenvalue weighted by Gasteiger charge is -2.24. The third-order valence-electron chi connectivity index (χ3n) is 8.27. The zero-order valence-corrected chi connectivity index (χ0v) is 22.5. The number of nitrogens with one attached hydrogen (secondary N) is 2. The fourth-order valence-corrected chi connectivity index (χ4v) is 6.27. The van der Waals surface area contributed by atoms with Crippen molar-refractivity contribution in [2.24, 2.45) is 4.99 Å². The highest BCUT2D eigenvalue weighted by atomic mass is 35.5. The van der Waals surface area contributed by atoms with Gasteiger partial charge in [0.1, 0.15) is 23.7 Å². The van der Waals surface area contributed by atoms with E-state index in [1.54, 1.807) is 12.3 Å². The van der Waals surface area contributed by atoms with Gasteiger partial charge in [0.05, 0.1) is 10.4 Å². The molecule has 0 bridgehead atoms. The zero-order chi connectivity index (χ0) is 27.4. The first-order valence-electron chi connectivity index (χ1n) is 13.2. The lowest BCUT2D eigenvalue weighted by atomic mass is 9.79. The molecule has 39 heavy (non-hydrogen) atoms. The highest BCUT2D eigenvalue weighted by Gasteiger charge is 2.51. The smallest absolute Gasteiger partial charge is 0.256 e. The number of aliphatic imine (C=N–C) groups is 1. The van der Waals surface area contributed by atoms with Gasteiger partial charge in [-0.15, -0.1) is 0 Å². The van der Waals surface area contributed by atoms with Crippen LogP contribution in [0.5, 0.6) is 0 Å². The molecule has 1 spiro atoms. The van der Waals surface area contributed by atoms with E-state index in [2.05, 4.69) is 15.6 Å². The van der Waals surface area contributed by atoms with Crippen molar-refractivity contribution in [3.05, 3.63) is 88.1 Å². The Morgan fingerprint density at radius 1 is 1.05 bits per heavy atom. The van der Waals surface area contributed by atoms with Crippen LogP contribution in [0.1, 0.15) is 48.9 Å². The van der Waals surface area contributed by atoms with Crippen molar-refractivity contribution in [3.63, 3.8) is 0 Å². The average molecular weight is 542 g/mol. The van der Waals surface area contributed by atoms with Crippen molar-refractivity contribution in [2.75, 3.05) is 17.2 Å². The first-order chi connectivity index (χ1) is 18.8. The van der Waals surface area contributed by atoms with Gasteiger partial charge in [-0.1, -0.05) is 49.7 Å². The van der Waals surface area contributed by atoms with Crippen LogP contribution in [-0.2, 0) is 32.6 Å². The van der Waals surface area contributed by atoms with E-state index in [9.17, 15) is 14.4 Å². The summed E-state index contributed by atoms with van der Waals surface area (Å²) in [5, 5.41) is 6.33. The maximum Gasteiger partial charge on any atom is 0.256 e. The molecule has 0 saturated carbocycles. The van der Waals surface area contributed by atoms with Crippen molar-refractivity contribution in [1.82, 2.24) is 9.88 Å². The van der Waals surface area contributed by atoms with Crippen LogP contribution >= 0.6 is 11.6 Å². The average Bonchev–Trinajstić information content (AvgIpc) is 3.54. The third-order valence-corrected chi connectivity index (χ3v) is 8.60. The second-order valence-electron chi connectivity index (χ2n) is 10.4. The van der Waals surface area contributed by atoms with E-state index in [-0.39, 0.29) is 24.3 Å². The van der Waals surface area contributed by atoms with Crippen LogP contribution in [0.15, 0.2) is 65.8 Å². The highest BCUT2D eigenvalue weighted by Crippen LogP contribution is 2.47. The molecule has 1 unspecified atom stereocenters. The Balaban J connectivity index is 1.23. The quantitative estimate of drug-likeness (QED) is 0.479. The predicted molar refractivity (Wildman–Crippen MR) is 150 cm³/mol. The van der Waals surface area contributed by atoms with E-state index in [1.165, 1.54) is 4.90 Å². The minimum absolute atomic E-state index is 0.0488. The molecule has 0 saturated heterocycles. The number of rotatable bonds is 6. The molecular formula is C30H28ClN5O3. The molecule has 2 N–H and O–H groups in total. The molecule has 2 aliphatic heterocycles. The lowest BCUT2D eigenvalue weighted by Crippen LogP contribution is -2.45. The van der Waals surface area contributed by atoms with Gasteiger partial charge >= 0.3 is 0 Å². The Hall–Kier alpha value is -4.04. The molecule has 0 fully saturated rings. The lowest BCUT2D eigenvalue weighted by molar-refractivity contribution is -0.134. The first-order valence-corrected chi connectivity index (χ1v) is 13.5. The first kappa shape index (κ1) is 25.2. The summed E-state index contributed by atoms with van der Waals surface area (Å²) >= 11 is 6.46. The number of benzene rings is 2. The molecule has 3 heterocycles. The number of aromatic nitrogens is 1. The molecule has 198 valence electrons. The molecule has 3 amide bonds. The molecule has 1 aromatic heterocycles. The summed E-state index contributed by atoms with van der Waals surface area (Å²) in [4.78, 5) is 50.4. The highest BCUT2D eigenvalue weighted by molar-refractivity contribution is 6.35. The number of hydrogen-bond acceptors (Lipinski definition) is 5. The topological polar surface area (TPSA) is 104 Å². The summed E-state index contributed by atoms with van der Waals surface area (Å²) in [5.41, 5.74) is 2.62. The van der Waals surface area contributed by atoms with E-state index < -0.39 is 11.0 Å². The fraction of sp³-hybridized carbons (Fsp3) is 0.300. The van der Waals surface area contributed by atoms with Crippen LogP contribution < -0.4 is 10.6 Å². The molecule has 1 atom stereocenters. The predicted octanol–water partition coefficient (Wildman–Crippen LogP) is 4.51. The minimum atomic E-state index is -0.913. The van der Waals surface area contributed by atoms with Gasteiger partial charge in [-0.3, -0.25) is 24.3 Å². The molecule has 1 aliphatic carbocycles. The largest absolute Gasteiger partial charge is 0.325 e. The molecule has 8 nitrogen and oxygen atoms in total. The van der Waals surface area contributed by atoms with Crippen LogP contribution in [0, 0.1) is 0 Å². The second kappa shape index (κ2) is 9.31. The molecule has 3 aliphatic rings. The van der Waals surface area contributed by atoms with Gasteiger partial charge in [0.25, 0.3) is 5.91 Å². The van der Waals surface area contributed by atoms with E-state index in [0.717, 1.165) is 16.7 Å². The summed E-state index contributed by atoms with van der Waals surface area (Å²) in [6.45, 7) is 3.66. The van der Waals surface area contributed by atoms with Crippen LogP contribution in [0.2, 0.25) is 5.02 Å². The number of hydrogen-bond donors (Lipinski definition) is 2. The number of fused-ring (bicyclic) bond motifs is 3.